The first-order chi connectivity index (χ1) is 21.1. The molecule has 0 spiro atoms. The number of amides is 5. The minimum atomic E-state index is -1.24. The monoisotopic (exact) mass is 649 g/mol. The van der Waals surface area contributed by atoms with Crippen molar-refractivity contribution in [3.63, 3.8) is 0 Å². The van der Waals surface area contributed by atoms with Crippen molar-refractivity contribution in [3.05, 3.63) is 29.8 Å². The third kappa shape index (κ3) is 15.1. The lowest BCUT2D eigenvalue weighted by Gasteiger charge is -2.29. The van der Waals surface area contributed by atoms with E-state index in [1.165, 1.54) is 24.3 Å². The Labute approximate surface area is 275 Å². The molecule has 0 aliphatic carbocycles. The fourth-order valence-electron chi connectivity index (χ4n) is 4.87. The summed E-state index contributed by atoms with van der Waals surface area (Å²) in [5.41, 5.74) is 0.275. The van der Waals surface area contributed by atoms with Gasteiger partial charge in [0.15, 0.2) is 0 Å². The summed E-state index contributed by atoms with van der Waals surface area (Å²) in [4.78, 5) is 65.0. The molecule has 0 aliphatic rings. The number of hydrogen-bond acceptors (Lipinski definition) is 7. The molecule has 12 heteroatoms. The molecule has 0 heterocycles. The van der Waals surface area contributed by atoms with Gasteiger partial charge in [-0.2, -0.15) is 0 Å². The number of rotatable bonds is 19. The van der Waals surface area contributed by atoms with Crippen LogP contribution in [0, 0.1) is 17.8 Å². The zero-order valence-electron chi connectivity index (χ0n) is 28.1. The summed E-state index contributed by atoms with van der Waals surface area (Å²) >= 11 is 0. The number of aromatic hydroxyl groups is 1. The van der Waals surface area contributed by atoms with Crippen LogP contribution in [0.15, 0.2) is 24.3 Å². The maximum absolute atomic E-state index is 13.5. The lowest BCUT2D eigenvalue weighted by molar-refractivity contribution is -0.132. The molecule has 0 aliphatic heterocycles. The molecule has 0 bridgehead atoms. The summed E-state index contributed by atoms with van der Waals surface area (Å²) in [6, 6.07) is 2.25. The number of hydrogen-bond donors (Lipinski definition) is 7. The predicted octanol–water partition coefficient (Wildman–Crippen LogP) is 3.02. The van der Waals surface area contributed by atoms with Gasteiger partial charge in [0.05, 0.1) is 18.6 Å². The summed E-state index contributed by atoms with van der Waals surface area (Å²) in [7, 11) is 0. The van der Waals surface area contributed by atoms with Crippen molar-refractivity contribution in [3.8, 4) is 5.75 Å². The molecule has 0 radical (unpaired) electrons. The number of nitrogens with one attached hydrogen (secondary N) is 5. The van der Waals surface area contributed by atoms with E-state index in [9.17, 15) is 34.2 Å². The Bertz CT molecular complexity index is 1110. The van der Waals surface area contributed by atoms with Crippen molar-refractivity contribution in [2.45, 2.75) is 125 Å². The van der Waals surface area contributed by atoms with E-state index in [1.807, 2.05) is 48.5 Å². The Morgan fingerprint density at radius 1 is 0.739 bits per heavy atom. The molecule has 46 heavy (non-hydrogen) atoms. The molecular formula is C34H59N5O7. The Hall–Kier alpha value is -3.67. The second-order valence-electron chi connectivity index (χ2n) is 12.8. The van der Waals surface area contributed by atoms with Crippen LogP contribution in [0.5, 0.6) is 5.75 Å². The molecule has 0 saturated carbocycles. The van der Waals surface area contributed by atoms with E-state index in [0.29, 0.717) is 32.2 Å². The fourth-order valence-corrected chi connectivity index (χ4v) is 4.87. The average Bonchev–Trinajstić information content (AvgIpc) is 2.94. The van der Waals surface area contributed by atoms with Gasteiger partial charge < -0.3 is 36.8 Å². The van der Waals surface area contributed by atoms with Crippen LogP contribution in [0.4, 0.5) is 0 Å². The van der Waals surface area contributed by atoms with Gasteiger partial charge >= 0.3 is 0 Å². The molecule has 5 amide bonds. The largest absolute Gasteiger partial charge is 0.508 e. The lowest BCUT2D eigenvalue weighted by Crippen LogP contribution is -2.57. The molecule has 0 aromatic heterocycles. The van der Waals surface area contributed by atoms with Gasteiger partial charge in [0.2, 0.25) is 23.6 Å². The Morgan fingerprint density at radius 2 is 1.30 bits per heavy atom. The van der Waals surface area contributed by atoms with Crippen LogP contribution >= 0.6 is 0 Å². The zero-order valence-corrected chi connectivity index (χ0v) is 28.1. The third-order valence-electron chi connectivity index (χ3n) is 7.20. The number of phenols is 1. The van der Waals surface area contributed by atoms with E-state index in [0.717, 1.165) is 0 Å². The van der Waals surface area contributed by atoms with Gasteiger partial charge in [-0.05, 0) is 68.2 Å². The molecule has 7 N–H and O–H groups in total. The van der Waals surface area contributed by atoms with Gasteiger partial charge in [0, 0.05) is 12.1 Å². The van der Waals surface area contributed by atoms with Crippen LogP contribution in [0.2, 0.25) is 0 Å². The van der Waals surface area contributed by atoms with Crippen molar-refractivity contribution in [2.24, 2.45) is 17.8 Å². The van der Waals surface area contributed by atoms with E-state index < -0.39 is 53.9 Å². The number of aliphatic hydroxyl groups is 1. The molecule has 1 aromatic carbocycles. The van der Waals surface area contributed by atoms with Gasteiger partial charge in [0.25, 0.3) is 5.91 Å². The van der Waals surface area contributed by atoms with Crippen LogP contribution in [-0.4, -0.2) is 76.6 Å². The maximum atomic E-state index is 13.5. The average molecular weight is 650 g/mol. The standard InChI is InChI=1S/C33H55N5O7.CH4/c1-9-11-24(35-32(44)26(17-20(5)6)37-30(42)22-12-14-23(39)15-13-22)31(43)36-25(16-19(3)4)27(40)18-28(41)38-29(21(7)8)33(45)34-10-2;/h12-15,19-21,24-27,29,39-40H,9-11,16-18H2,1-8H3,(H,34,45)(H,35,44)(H,36,43)(H,37,42)(H,38,41);1H4/t24-,25-,26-,27-,29-;/m0./s1. The van der Waals surface area contributed by atoms with E-state index >= 15 is 0 Å². The summed E-state index contributed by atoms with van der Waals surface area (Å²) in [5.74, 6) is -2.39. The second-order valence-corrected chi connectivity index (χ2v) is 12.8. The molecule has 12 nitrogen and oxygen atoms in total. The highest BCUT2D eigenvalue weighted by atomic mass is 16.3. The molecule has 5 atom stereocenters. The summed E-state index contributed by atoms with van der Waals surface area (Å²) in [6.07, 6.45) is 0.0117. The van der Waals surface area contributed by atoms with Gasteiger partial charge in [-0.1, -0.05) is 62.3 Å². The fraction of sp³-hybridized carbons (Fsp3) is 0.676. The van der Waals surface area contributed by atoms with Crippen molar-refractivity contribution in [2.75, 3.05) is 6.54 Å². The third-order valence-corrected chi connectivity index (χ3v) is 7.20. The molecular weight excluding hydrogens is 590 g/mol. The van der Waals surface area contributed by atoms with Gasteiger partial charge in [-0.15, -0.1) is 0 Å². The van der Waals surface area contributed by atoms with Crippen molar-refractivity contribution >= 4 is 29.5 Å². The van der Waals surface area contributed by atoms with Crippen molar-refractivity contribution in [1.29, 1.82) is 0 Å². The Morgan fingerprint density at radius 3 is 1.80 bits per heavy atom. The van der Waals surface area contributed by atoms with Crippen molar-refractivity contribution in [1.82, 2.24) is 26.6 Å². The smallest absolute Gasteiger partial charge is 0.251 e. The highest BCUT2D eigenvalue weighted by Gasteiger charge is 2.32. The Balaban J connectivity index is 0.0000202. The number of likely N-dealkylation sites (N-methyl/N-ethyl adjacent to an activating group) is 1. The zero-order chi connectivity index (χ0) is 34.3. The number of aliphatic hydroxyl groups excluding tert-OH is 1. The maximum Gasteiger partial charge on any atom is 0.251 e. The molecule has 0 fully saturated rings. The quantitative estimate of drug-likeness (QED) is 0.120. The number of phenolic OH excluding ortho intramolecular Hbond substituents is 1. The first-order valence-corrected chi connectivity index (χ1v) is 16.0. The van der Waals surface area contributed by atoms with Crippen LogP contribution in [-0.2, 0) is 19.2 Å². The van der Waals surface area contributed by atoms with Crippen LogP contribution in [0.1, 0.15) is 105 Å². The normalized spacial score (nSPS) is 14.3. The lowest BCUT2D eigenvalue weighted by atomic mass is 9.95. The van der Waals surface area contributed by atoms with Gasteiger partial charge in [-0.3, -0.25) is 24.0 Å². The minimum Gasteiger partial charge on any atom is -0.508 e. The van der Waals surface area contributed by atoms with Crippen LogP contribution < -0.4 is 26.6 Å². The van der Waals surface area contributed by atoms with E-state index in [-0.39, 0.29) is 48.8 Å². The molecule has 0 saturated heterocycles. The van der Waals surface area contributed by atoms with E-state index in [2.05, 4.69) is 26.6 Å². The topological polar surface area (TPSA) is 186 Å². The predicted molar refractivity (Wildman–Crippen MR) is 180 cm³/mol. The van der Waals surface area contributed by atoms with Gasteiger partial charge in [-0.25, -0.2) is 0 Å². The highest BCUT2D eigenvalue weighted by Crippen LogP contribution is 2.15. The number of carbonyl (C=O) groups is 5. The summed E-state index contributed by atoms with van der Waals surface area (Å²) in [6.45, 7) is 15.4. The molecule has 1 aromatic rings. The molecule has 262 valence electrons. The number of benzene rings is 1. The first kappa shape index (κ1) is 42.3. The first-order valence-electron chi connectivity index (χ1n) is 16.0. The molecule has 0 unspecified atom stereocenters. The van der Waals surface area contributed by atoms with Crippen molar-refractivity contribution < 1.29 is 34.2 Å². The Kier molecular flexibility index (Phi) is 19.5. The van der Waals surface area contributed by atoms with Crippen LogP contribution in [0.25, 0.3) is 0 Å². The van der Waals surface area contributed by atoms with Gasteiger partial charge in [0.1, 0.15) is 23.9 Å². The number of carbonyl (C=O) groups excluding carboxylic acids is 5. The summed E-state index contributed by atoms with van der Waals surface area (Å²) < 4.78 is 0. The highest BCUT2D eigenvalue weighted by molar-refractivity contribution is 5.98. The minimum absolute atomic E-state index is 0. The second kappa shape index (κ2) is 21.2. The molecule has 1 rings (SSSR count). The SMILES string of the molecule is C.CCC[C@H](NC(=O)[C@H](CC(C)C)NC(=O)c1ccc(O)cc1)C(=O)N[C@@H](CC(C)C)[C@@H](O)CC(=O)N[C@H](C(=O)NCC)C(C)C. The van der Waals surface area contributed by atoms with E-state index in [1.54, 1.807) is 6.92 Å². The van der Waals surface area contributed by atoms with Crippen LogP contribution in [0.3, 0.4) is 0 Å². The summed E-state index contributed by atoms with van der Waals surface area (Å²) in [5, 5.41) is 34.3. The van der Waals surface area contributed by atoms with E-state index in [4.69, 9.17) is 0 Å².